The van der Waals surface area contributed by atoms with Crippen molar-refractivity contribution >= 4 is 11.6 Å². The summed E-state index contributed by atoms with van der Waals surface area (Å²) in [5.74, 6) is 0.611. The average molecular weight is 380 g/mol. The van der Waals surface area contributed by atoms with Gasteiger partial charge in [-0.3, -0.25) is 9.36 Å². The molecule has 0 unspecified atom stereocenters. The number of nitrogens with two attached hydrogens (primary N) is 1. The molecule has 28 heavy (non-hydrogen) atoms. The molecule has 148 valence electrons. The van der Waals surface area contributed by atoms with Gasteiger partial charge in [-0.15, -0.1) is 0 Å². The van der Waals surface area contributed by atoms with Gasteiger partial charge in [-0.25, -0.2) is 4.98 Å². The van der Waals surface area contributed by atoms with Crippen molar-refractivity contribution in [3.05, 3.63) is 51.4 Å². The van der Waals surface area contributed by atoms with Crippen molar-refractivity contribution in [2.45, 2.75) is 52.2 Å². The molecule has 1 aliphatic heterocycles. The van der Waals surface area contributed by atoms with Gasteiger partial charge in [0.25, 0.3) is 5.56 Å². The molecule has 3 N–H and O–H groups in total. The van der Waals surface area contributed by atoms with Crippen LogP contribution in [0.15, 0.2) is 29.2 Å². The summed E-state index contributed by atoms with van der Waals surface area (Å²) < 4.78 is 1.67. The molecule has 3 rings (SSSR count). The van der Waals surface area contributed by atoms with Crippen LogP contribution in [-0.4, -0.2) is 34.7 Å². The highest BCUT2D eigenvalue weighted by Crippen LogP contribution is 2.20. The van der Waals surface area contributed by atoms with Gasteiger partial charge in [-0.2, -0.15) is 5.26 Å². The summed E-state index contributed by atoms with van der Waals surface area (Å²) in [6, 6.07) is 8.08. The van der Waals surface area contributed by atoms with E-state index in [2.05, 4.69) is 21.3 Å². The van der Waals surface area contributed by atoms with Gasteiger partial charge in [-0.1, -0.05) is 17.7 Å². The molecule has 2 aromatic rings. The van der Waals surface area contributed by atoms with Crippen LogP contribution in [0.1, 0.15) is 43.4 Å². The van der Waals surface area contributed by atoms with E-state index < -0.39 is 0 Å². The van der Waals surface area contributed by atoms with Gasteiger partial charge in [0.2, 0.25) is 5.95 Å². The number of aryl methyl sites for hydroxylation is 1. The highest BCUT2D eigenvalue weighted by Gasteiger charge is 2.23. The van der Waals surface area contributed by atoms with E-state index >= 15 is 0 Å². The number of nitriles is 1. The maximum Gasteiger partial charge on any atom is 0.278 e. The van der Waals surface area contributed by atoms with E-state index in [0.29, 0.717) is 30.3 Å². The number of nitrogens with one attached hydrogen (secondary N) is 1. The fourth-order valence-electron chi connectivity index (χ4n) is 3.61. The first-order chi connectivity index (χ1) is 13.4. The van der Waals surface area contributed by atoms with Gasteiger partial charge in [0.15, 0.2) is 0 Å². The van der Waals surface area contributed by atoms with E-state index in [1.165, 1.54) is 0 Å². The SMILES string of the molecule is Cc1ccc(C#N)c(Cn2c(N3CCC[C@@H](N)C3)ncc(NC(C)C)c2=O)c1. The van der Waals surface area contributed by atoms with Crippen LogP contribution in [0.25, 0.3) is 0 Å². The largest absolute Gasteiger partial charge is 0.377 e. The molecule has 0 saturated carbocycles. The molecule has 1 aromatic heterocycles. The summed E-state index contributed by atoms with van der Waals surface area (Å²) in [6.45, 7) is 7.72. The molecule has 2 heterocycles. The molecule has 1 atom stereocenters. The summed E-state index contributed by atoms with van der Waals surface area (Å²) in [6.07, 6.45) is 3.55. The lowest BCUT2D eigenvalue weighted by Gasteiger charge is -2.33. The number of benzene rings is 1. The highest BCUT2D eigenvalue weighted by atomic mass is 16.1. The zero-order valence-electron chi connectivity index (χ0n) is 16.8. The van der Waals surface area contributed by atoms with E-state index in [1.54, 1.807) is 16.8 Å². The van der Waals surface area contributed by atoms with Crippen LogP contribution in [-0.2, 0) is 6.54 Å². The number of rotatable bonds is 5. The molecular weight excluding hydrogens is 352 g/mol. The Kier molecular flexibility index (Phi) is 6.00. The highest BCUT2D eigenvalue weighted by molar-refractivity contribution is 5.46. The second-order valence-electron chi connectivity index (χ2n) is 7.78. The molecule has 0 radical (unpaired) electrons. The molecule has 7 heteroatoms. The van der Waals surface area contributed by atoms with Crippen LogP contribution >= 0.6 is 0 Å². The minimum Gasteiger partial charge on any atom is -0.377 e. The first kappa shape index (κ1) is 19.9. The Morgan fingerprint density at radius 3 is 2.89 bits per heavy atom. The fourth-order valence-corrected chi connectivity index (χ4v) is 3.61. The lowest BCUT2D eigenvalue weighted by Crippen LogP contribution is -2.45. The number of anilines is 2. The summed E-state index contributed by atoms with van der Waals surface area (Å²) in [5, 5.41) is 12.7. The van der Waals surface area contributed by atoms with Crippen molar-refractivity contribution in [2.75, 3.05) is 23.3 Å². The Hall–Kier alpha value is -2.85. The maximum atomic E-state index is 13.3. The molecule has 0 bridgehead atoms. The van der Waals surface area contributed by atoms with E-state index in [1.807, 2.05) is 32.9 Å². The van der Waals surface area contributed by atoms with E-state index in [0.717, 1.165) is 30.5 Å². The van der Waals surface area contributed by atoms with E-state index in [4.69, 9.17) is 5.73 Å². The summed E-state index contributed by atoms with van der Waals surface area (Å²) in [4.78, 5) is 20.0. The maximum absolute atomic E-state index is 13.3. The summed E-state index contributed by atoms with van der Waals surface area (Å²) in [7, 11) is 0. The van der Waals surface area contributed by atoms with Crippen LogP contribution in [0.3, 0.4) is 0 Å². The van der Waals surface area contributed by atoms with Crippen molar-refractivity contribution in [1.82, 2.24) is 9.55 Å². The smallest absolute Gasteiger partial charge is 0.278 e. The monoisotopic (exact) mass is 380 g/mol. The van der Waals surface area contributed by atoms with Gasteiger partial charge in [-0.05, 0) is 45.2 Å². The third-order valence-electron chi connectivity index (χ3n) is 4.92. The number of piperidine rings is 1. The quantitative estimate of drug-likeness (QED) is 0.825. The molecule has 1 aromatic carbocycles. The lowest BCUT2D eigenvalue weighted by atomic mass is 10.1. The Labute approximate surface area is 165 Å². The van der Waals surface area contributed by atoms with Crippen LogP contribution in [0, 0.1) is 18.3 Å². The molecule has 0 amide bonds. The van der Waals surface area contributed by atoms with Gasteiger partial charge in [0.05, 0.1) is 24.4 Å². The van der Waals surface area contributed by atoms with Crippen molar-refractivity contribution in [2.24, 2.45) is 5.73 Å². The number of nitrogens with zero attached hydrogens (tertiary/aromatic N) is 4. The van der Waals surface area contributed by atoms with Crippen LogP contribution < -0.4 is 21.5 Å². The predicted octanol–water partition coefficient (Wildman–Crippen LogP) is 2.22. The fraction of sp³-hybridized carbons (Fsp3) is 0.476. The average Bonchev–Trinajstić information content (AvgIpc) is 2.65. The second kappa shape index (κ2) is 8.44. The Bertz CT molecular complexity index is 943. The van der Waals surface area contributed by atoms with Crippen LogP contribution in [0.2, 0.25) is 0 Å². The second-order valence-corrected chi connectivity index (χ2v) is 7.78. The lowest BCUT2D eigenvalue weighted by molar-refractivity contribution is 0.491. The molecule has 1 saturated heterocycles. The molecule has 0 spiro atoms. The van der Waals surface area contributed by atoms with E-state index in [-0.39, 0.29) is 17.6 Å². The summed E-state index contributed by atoms with van der Waals surface area (Å²) >= 11 is 0. The standard InChI is InChI=1S/C21H28N6O/c1-14(2)25-19-11-24-21(26-8-4-5-18(23)13-26)27(20(19)28)12-17-9-15(3)6-7-16(17)10-22/h6-7,9,11,14,18,25H,4-5,8,12-13,23H2,1-3H3/t18-/m1/s1. The van der Waals surface area contributed by atoms with Crippen molar-refractivity contribution in [1.29, 1.82) is 5.26 Å². The topological polar surface area (TPSA) is 100.0 Å². The van der Waals surface area contributed by atoms with Crippen LogP contribution in [0.5, 0.6) is 0 Å². The first-order valence-corrected chi connectivity index (χ1v) is 9.75. The molecule has 1 fully saturated rings. The Balaban J connectivity index is 2.09. The van der Waals surface area contributed by atoms with Crippen molar-refractivity contribution in [3.8, 4) is 6.07 Å². The third kappa shape index (κ3) is 4.34. The zero-order valence-corrected chi connectivity index (χ0v) is 16.8. The molecular formula is C21H28N6O. The Morgan fingerprint density at radius 1 is 1.43 bits per heavy atom. The van der Waals surface area contributed by atoms with Crippen molar-refractivity contribution < 1.29 is 0 Å². The Morgan fingerprint density at radius 2 is 2.21 bits per heavy atom. The van der Waals surface area contributed by atoms with Crippen LogP contribution in [0.4, 0.5) is 11.6 Å². The van der Waals surface area contributed by atoms with Gasteiger partial charge < -0.3 is 16.0 Å². The molecule has 7 nitrogen and oxygen atoms in total. The van der Waals surface area contributed by atoms with E-state index in [9.17, 15) is 10.1 Å². The number of hydrogen-bond acceptors (Lipinski definition) is 6. The number of hydrogen-bond donors (Lipinski definition) is 2. The molecule has 0 aliphatic carbocycles. The van der Waals surface area contributed by atoms with Gasteiger partial charge >= 0.3 is 0 Å². The predicted molar refractivity (Wildman–Crippen MR) is 112 cm³/mol. The number of aromatic nitrogens is 2. The summed E-state index contributed by atoms with van der Waals surface area (Å²) in [5.41, 5.74) is 8.92. The van der Waals surface area contributed by atoms with Crippen molar-refractivity contribution in [3.63, 3.8) is 0 Å². The minimum atomic E-state index is -0.136. The molecule has 1 aliphatic rings. The van der Waals surface area contributed by atoms with Gasteiger partial charge in [0.1, 0.15) is 5.69 Å². The van der Waals surface area contributed by atoms with Gasteiger partial charge in [0, 0.05) is 25.2 Å². The normalized spacial score (nSPS) is 16.9. The first-order valence-electron chi connectivity index (χ1n) is 9.75. The minimum absolute atomic E-state index is 0.0706. The third-order valence-corrected chi connectivity index (χ3v) is 4.92. The zero-order chi connectivity index (χ0) is 20.3.